The standard InChI is InChI=1S/C21H25N5/c1-2-19(24-18-5-6-20-17(11-18)12-23-25-20)14-26(9-1)13-15-3-4-16-7-8-22-21(16)10-15/h3-6,10-12,19,22,24H,1-2,7-9,13-14H2,(H,23,25). The third-order valence-electron chi connectivity index (χ3n) is 5.61. The van der Waals surface area contributed by atoms with Gasteiger partial charge in [-0.05, 0) is 61.2 Å². The molecule has 0 bridgehead atoms. The van der Waals surface area contributed by atoms with E-state index in [-0.39, 0.29) is 0 Å². The minimum Gasteiger partial charge on any atom is -0.384 e. The van der Waals surface area contributed by atoms with Gasteiger partial charge in [-0.3, -0.25) is 10.00 Å². The molecule has 0 spiro atoms. The summed E-state index contributed by atoms with van der Waals surface area (Å²) in [7, 11) is 0. The quantitative estimate of drug-likeness (QED) is 0.675. The largest absolute Gasteiger partial charge is 0.384 e. The SMILES string of the molecule is c1cc2c(cc1CN1CCCC(Nc3ccc4[nH]ncc4c3)C1)NCC2. The highest BCUT2D eigenvalue weighted by Crippen LogP contribution is 2.25. The molecule has 0 saturated carbocycles. The number of anilines is 2. The van der Waals surface area contributed by atoms with Crippen molar-refractivity contribution in [1.29, 1.82) is 0 Å². The number of nitrogens with one attached hydrogen (secondary N) is 3. The molecule has 0 aliphatic carbocycles. The van der Waals surface area contributed by atoms with Crippen molar-refractivity contribution in [3.05, 3.63) is 53.7 Å². The molecule has 26 heavy (non-hydrogen) atoms. The Balaban J connectivity index is 1.24. The molecule has 0 radical (unpaired) electrons. The summed E-state index contributed by atoms with van der Waals surface area (Å²) in [5, 5.41) is 15.5. The molecule has 2 aliphatic heterocycles. The molecule has 0 amide bonds. The normalized spacial score (nSPS) is 20.1. The summed E-state index contributed by atoms with van der Waals surface area (Å²) >= 11 is 0. The molecule has 5 rings (SSSR count). The van der Waals surface area contributed by atoms with Crippen LogP contribution >= 0.6 is 0 Å². The molecule has 2 aromatic carbocycles. The van der Waals surface area contributed by atoms with E-state index in [2.05, 4.69) is 62.1 Å². The number of rotatable bonds is 4. The van der Waals surface area contributed by atoms with Crippen LogP contribution in [0.3, 0.4) is 0 Å². The first kappa shape index (κ1) is 15.7. The number of hydrogen-bond acceptors (Lipinski definition) is 4. The van der Waals surface area contributed by atoms with Crippen molar-refractivity contribution >= 4 is 22.3 Å². The Morgan fingerprint density at radius 1 is 1.19 bits per heavy atom. The van der Waals surface area contributed by atoms with Crippen LogP contribution < -0.4 is 10.6 Å². The molecular weight excluding hydrogens is 322 g/mol. The predicted octanol–water partition coefficient (Wildman–Crippen LogP) is 3.61. The molecule has 1 fully saturated rings. The number of likely N-dealkylation sites (tertiary alicyclic amines) is 1. The second-order valence-electron chi connectivity index (χ2n) is 7.56. The van der Waals surface area contributed by atoms with Crippen LogP contribution in [-0.2, 0) is 13.0 Å². The zero-order valence-corrected chi connectivity index (χ0v) is 15.0. The lowest BCUT2D eigenvalue weighted by Crippen LogP contribution is -2.41. The molecule has 5 heteroatoms. The number of aromatic nitrogens is 2. The number of nitrogens with zero attached hydrogens (tertiary/aromatic N) is 2. The van der Waals surface area contributed by atoms with E-state index in [0.717, 1.165) is 37.0 Å². The van der Waals surface area contributed by atoms with Gasteiger partial charge < -0.3 is 10.6 Å². The van der Waals surface area contributed by atoms with E-state index in [1.54, 1.807) is 0 Å². The summed E-state index contributed by atoms with van der Waals surface area (Å²) < 4.78 is 0. The van der Waals surface area contributed by atoms with Gasteiger partial charge in [-0.15, -0.1) is 0 Å². The van der Waals surface area contributed by atoms with Gasteiger partial charge in [-0.1, -0.05) is 12.1 Å². The zero-order valence-electron chi connectivity index (χ0n) is 15.0. The number of H-pyrrole nitrogens is 1. The summed E-state index contributed by atoms with van der Waals surface area (Å²) in [6.45, 7) is 4.39. The Morgan fingerprint density at radius 2 is 2.19 bits per heavy atom. The van der Waals surface area contributed by atoms with Gasteiger partial charge in [0, 0.05) is 42.4 Å². The maximum atomic E-state index is 4.11. The van der Waals surface area contributed by atoms with Gasteiger partial charge >= 0.3 is 0 Å². The predicted molar refractivity (Wildman–Crippen MR) is 107 cm³/mol. The van der Waals surface area contributed by atoms with Gasteiger partial charge in [0.05, 0.1) is 11.7 Å². The Hall–Kier alpha value is -2.53. The van der Waals surface area contributed by atoms with E-state index < -0.39 is 0 Å². The number of piperidine rings is 1. The first-order valence-electron chi connectivity index (χ1n) is 9.61. The van der Waals surface area contributed by atoms with Crippen molar-refractivity contribution in [3.8, 4) is 0 Å². The van der Waals surface area contributed by atoms with E-state index in [4.69, 9.17) is 0 Å². The molecule has 5 nitrogen and oxygen atoms in total. The molecule has 1 unspecified atom stereocenters. The summed E-state index contributed by atoms with van der Waals surface area (Å²) in [6.07, 6.45) is 5.52. The number of fused-ring (bicyclic) bond motifs is 2. The van der Waals surface area contributed by atoms with Crippen molar-refractivity contribution in [3.63, 3.8) is 0 Å². The summed E-state index contributed by atoms with van der Waals surface area (Å²) in [6, 6.07) is 13.9. The van der Waals surface area contributed by atoms with Crippen LogP contribution in [0.1, 0.15) is 24.0 Å². The Bertz CT molecular complexity index is 916. The highest BCUT2D eigenvalue weighted by molar-refractivity contribution is 5.81. The van der Waals surface area contributed by atoms with Gasteiger partial charge in [0.25, 0.3) is 0 Å². The molecular formula is C21H25N5. The Labute approximate surface area is 153 Å². The first-order valence-corrected chi connectivity index (χ1v) is 9.61. The van der Waals surface area contributed by atoms with Crippen LogP contribution in [0.2, 0.25) is 0 Å². The van der Waals surface area contributed by atoms with Gasteiger partial charge in [0.1, 0.15) is 0 Å². The zero-order chi connectivity index (χ0) is 17.3. The molecule has 3 aromatic rings. The molecule has 1 atom stereocenters. The highest BCUT2D eigenvalue weighted by atomic mass is 15.2. The monoisotopic (exact) mass is 347 g/mol. The average Bonchev–Trinajstić information content (AvgIpc) is 3.30. The topological polar surface area (TPSA) is 56.0 Å². The van der Waals surface area contributed by atoms with Gasteiger partial charge in [-0.25, -0.2) is 0 Å². The lowest BCUT2D eigenvalue weighted by atomic mass is 10.0. The van der Waals surface area contributed by atoms with E-state index in [1.165, 1.54) is 41.9 Å². The van der Waals surface area contributed by atoms with E-state index >= 15 is 0 Å². The van der Waals surface area contributed by atoms with Crippen molar-refractivity contribution < 1.29 is 0 Å². The van der Waals surface area contributed by atoms with E-state index in [1.807, 2.05) is 6.20 Å². The second kappa shape index (κ2) is 6.65. The molecule has 3 N–H and O–H groups in total. The molecule has 2 aliphatic rings. The number of aromatic amines is 1. The fourth-order valence-corrected chi connectivity index (χ4v) is 4.28. The van der Waals surface area contributed by atoms with Crippen LogP contribution in [0.25, 0.3) is 10.9 Å². The lowest BCUT2D eigenvalue weighted by Gasteiger charge is -2.33. The fourth-order valence-electron chi connectivity index (χ4n) is 4.28. The third kappa shape index (κ3) is 3.15. The minimum absolute atomic E-state index is 0.501. The van der Waals surface area contributed by atoms with E-state index in [0.29, 0.717) is 6.04 Å². The molecule has 3 heterocycles. The fraction of sp³-hybridized carbons (Fsp3) is 0.381. The van der Waals surface area contributed by atoms with Crippen molar-refractivity contribution in [2.45, 2.75) is 31.8 Å². The number of hydrogen-bond donors (Lipinski definition) is 3. The maximum absolute atomic E-state index is 4.11. The Kier molecular flexibility index (Phi) is 4.02. The van der Waals surface area contributed by atoms with Gasteiger partial charge in [-0.2, -0.15) is 5.10 Å². The lowest BCUT2D eigenvalue weighted by molar-refractivity contribution is 0.208. The minimum atomic E-state index is 0.501. The summed E-state index contributed by atoms with van der Waals surface area (Å²) in [4.78, 5) is 2.58. The molecule has 134 valence electrons. The maximum Gasteiger partial charge on any atom is 0.0651 e. The van der Waals surface area contributed by atoms with Gasteiger partial charge in [0.15, 0.2) is 0 Å². The van der Waals surface area contributed by atoms with Crippen LogP contribution in [0.15, 0.2) is 42.6 Å². The first-order chi connectivity index (χ1) is 12.8. The van der Waals surface area contributed by atoms with Crippen LogP contribution in [0.4, 0.5) is 11.4 Å². The van der Waals surface area contributed by atoms with Gasteiger partial charge in [0.2, 0.25) is 0 Å². The smallest absolute Gasteiger partial charge is 0.0651 e. The van der Waals surface area contributed by atoms with Crippen molar-refractivity contribution in [2.75, 3.05) is 30.3 Å². The summed E-state index contributed by atoms with van der Waals surface area (Å²) in [5.74, 6) is 0. The second-order valence-corrected chi connectivity index (χ2v) is 7.56. The number of benzene rings is 2. The summed E-state index contributed by atoms with van der Waals surface area (Å²) in [5.41, 5.74) is 6.49. The average molecular weight is 347 g/mol. The third-order valence-corrected chi connectivity index (χ3v) is 5.61. The van der Waals surface area contributed by atoms with E-state index in [9.17, 15) is 0 Å². The molecule has 1 saturated heterocycles. The highest BCUT2D eigenvalue weighted by Gasteiger charge is 2.20. The van der Waals surface area contributed by atoms with Crippen molar-refractivity contribution in [2.24, 2.45) is 0 Å². The van der Waals surface area contributed by atoms with Crippen LogP contribution in [0, 0.1) is 0 Å². The van der Waals surface area contributed by atoms with Crippen molar-refractivity contribution in [1.82, 2.24) is 15.1 Å². The van der Waals surface area contributed by atoms with Crippen LogP contribution in [0.5, 0.6) is 0 Å². The van der Waals surface area contributed by atoms with Crippen LogP contribution in [-0.4, -0.2) is 40.8 Å². The Morgan fingerprint density at radius 3 is 3.19 bits per heavy atom. The molecule has 1 aromatic heterocycles.